The van der Waals surface area contributed by atoms with Crippen LogP contribution in [0.1, 0.15) is 18.9 Å². The molecular weight excluding hydrogens is 254 g/mol. The summed E-state index contributed by atoms with van der Waals surface area (Å²) in [5.74, 6) is 2.41. The van der Waals surface area contributed by atoms with Crippen LogP contribution in [0.3, 0.4) is 0 Å². The predicted molar refractivity (Wildman–Crippen MR) is 80.2 cm³/mol. The van der Waals surface area contributed by atoms with Gasteiger partial charge in [-0.1, -0.05) is 18.2 Å². The molecule has 0 amide bonds. The van der Waals surface area contributed by atoms with Crippen molar-refractivity contribution in [3.8, 4) is 11.5 Å². The van der Waals surface area contributed by atoms with Crippen LogP contribution in [0.25, 0.3) is 0 Å². The minimum absolute atomic E-state index is 0.306. The van der Waals surface area contributed by atoms with E-state index < -0.39 is 0 Å². The summed E-state index contributed by atoms with van der Waals surface area (Å²) in [7, 11) is 1.77. The molecule has 5 heteroatoms. The van der Waals surface area contributed by atoms with Gasteiger partial charge < -0.3 is 20.1 Å². The monoisotopic (exact) mass is 275 g/mol. The van der Waals surface area contributed by atoms with Crippen LogP contribution in [0.5, 0.6) is 11.5 Å². The number of hydrogen-bond donors (Lipinski definition) is 2. The number of allylic oxidation sites excluding steroid dienone is 1. The summed E-state index contributed by atoms with van der Waals surface area (Å²) in [6.07, 6.45) is 5.16. The molecule has 1 aliphatic heterocycles. The molecule has 0 radical (unpaired) electrons. The third-order valence-electron chi connectivity index (χ3n) is 2.96. The van der Waals surface area contributed by atoms with Gasteiger partial charge in [0.25, 0.3) is 0 Å². The molecule has 0 saturated heterocycles. The number of guanidine groups is 1. The first kappa shape index (κ1) is 14.2. The molecule has 1 heterocycles. The first-order chi connectivity index (χ1) is 9.83. The van der Waals surface area contributed by atoms with Gasteiger partial charge in [0.2, 0.25) is 6.79 Å². The molecule has 1 aliphatic rings. The van der Waals surface area contributed by atoms with Crippen LogP contribution in [0.4, 0.5) is 0 Å². The van der Waals surface area contributed by atoms with E-state index in [1.54, 1.807) is 7.05 Å². The quantitative estimate of drug-likeness (QED) is 0.374. The largest absolute Gasteiger partial charge is 0.454 e. The van der Waals surface area contributed by atoms with E-state index >= 15 is 0 Å². The maximum Gasteiger partial charge on any atom is 0.231 e. The van der Waals surface area contributed by atoms with E-state index in [0.717, 1.165) is 36.0 Å². The standard InChI is InChI=1S/C15H21N3O2/c1-3-4-5-8-17-15(16-2)18-10-12-6-7-13-14(9-12)20-11-19-13/h3-4,6-7,9H,5,8,10-11H2,1-2H3,(H2,16,17,18). The van der Waals surface area contributed by atoms with Gasteiger partial charge in [0, 0.05) is 20.1 Å². The number of nitrogens with zero attached hydrogens (tertiary/aromatic N) is 1. The Morgan fingerprint density at radius 1 is 1.30 bits per heavy atom. The fourth-order valence-electron chi connectivity index (χ4n) is 1.90. The summed E-state index contributed by atoms with van der Waals surface area (Å²) in [5.41, 5.74) is 1.13. The van der Waals surface area contributed by atoms with Gasteiger partial charge in [-0.25, -0.2) is 0 Å². The fraction of sp³-hybridized carbons (Fsp3) is 0.400. The highest BCUT2D eigenvalue weighted by Gasteiger charge is 2.12. The molecule has 0 unspecified atom stereocenters. The first-order valence-corrected chi connectivity index (χ1v) is 6.77. The zero-order valence-electron chi connectivity index (χ0n) is 12.0. The Hall–Kier alpha value is -2.17. The van der Waals surface area contributed by atoms with Crippen LogP contribution in [0.15, 0.2) is 35.3 Å². The Morgan fingerprint density at radius 2 is 2.15 bits per heavy atom. The highest BCUT2D eigenvalue weighted by Crippen LogP contribution is 2.32. The molecule has 20 heavy (non-hydrogen) atoms. The Morgan fingerprint density at radius 3 is 2.95 bits per heavy atom. The van der Waals surface area contributed by atoms with Gasteiger partial charge in [-0.05, 0) is 31.0 Å². The van der Waals surface area contributed by atoms with Crippen molar-refractivity contribution in [2.24, 2.45) is 4.99 Å². The van der Waals surface area contributed by atoms with Crippen molar-refractivity contribution < 1.29 is 9.47 Å². The van der Waals surface area contributed by atoms with E-state index in [1.165, 1.54) is 0 Å². The van der Waals surface area contributed by atoms with Crippen molar-refractivity contribution in [3.63, 3.8) is 0 Å². The van der Waals surface area contributed by atoms with Crippen molar-refractivity contribution in [1.29, 1.82) is 0 Å². The van der Waals surface area contributed by atoms with Crippen LogP contribution in [-0.4, -0.2) is 26.3 Å². The number of benzene rings is 1. The van der Waals surface area contributed by atoms with Gasteiger partial charge in [-0.15, -0.1) is 0 Å². The molecule has 1 aromatic rings. The maximum absolute atomic E-state index is 5.36. The number of fused-ring (bicyclic) bond motifs is 1. The minimum atomic E-state index is 0.306. The highest BCUT2D eigenvalue weighted by atomic mass is 16.7. The van der Waals surface area contributed by atoms with Gasteiger partial charge in [-0.2, -0.15) is 0 Å². The van der Waals surface area contributed by atoms with Crippen LogP contribution in [0.2, 0.25) is 0 Å². The summed E-state index contributed by atoms with van der Waals surface area (Å²) >= 11 is 0. The van der Waals surface area contributed by atoms with Gasteiger partial charge in [0.1, 0.15) is 0 Å². The molecule has 108 valence electrons. The van der Waals surface area contributed by atoms with E-state index in [1.807, 2.05) is 31.2 Å². The van der Waals surface area contributed by atoms with Crippen molar-refractivity contribution in [2.75, 3.05) is 20.4 Å². The maximum atomic E-state index is 5.36. The molecule has 5 nitrogen and oxygen atoms in total. The topological polar surface area (TPSA) is 54.9 Å². The summed E-state index contributed by atoms with van der Waals surface area (Å²) in [4.78, 5) is 4.19. The van der Waals surface area contributed by atoms with Gasteiger partial charge in [-0.3, -0.25) is 4.99 Å². The Bertz CT molecular complexity index is 498. The predicted octanol–water partition coefficient (Wildman–Crippen LogP) is 2.05. The third kappa shape index (κ3) is 3.91. The normalized spacial score (nSPS) is 13.8. The van der Waals surface area contributed by atoms with Crippen molar-refractivity contribution in [3.05, 3.63) is 35.9 Å². The second-order valence-corrected chi connectivity index (χ2v) is 4.40. The molecule has 0 atom stereocenters. The van der Waals surface area contributed by atoms with Gasteiger partial charge in [0.05, 0.1) is 0 Å². The lowest BCUT2D eigenvalue weighted by Crippen LogP contribution is -2.37. The lowest BCUT2D eigenvalue weighted by molar-refractivity contribution is 0.174. The molecular formula is C15H21N3O2. The first-order valence-electron chi connectivity index (χ1n) is 6.77. The SMILES string of the molecule is CC=CCCNC(=NC)NCc1ccc2c(c1)OCO2. The third-order valence-corrected chi connectivity index (χ3v) is 2.96. The lowest BCUT2D eigenvalue weighted by Gasteiger charge is -2.11. The molecule has 0 aromatic heterocycles. The summed E-state index contributed by atoms with van der Waals surface area (Å²) in [5, 5.41) is 6.53. The summed E-state index contributed by atoms with van der Waals surface area (Å²) < 4.78 is 10.7. The number of aliphatic imine (C=N–C) groups is 1. The Labute approximate surface area is 119 Å². The van der Waals surface area contributed by atoms with E-state index in [-0.39, 0.29) is 0 Å². The summed E-state index contributed by atoms with van der Waals surface area (Å²) in [6.45, 7) is 3.89. The van der Waals surface area contributed by atoms with Crippen LogP contribution in [0, 0.1) is 0 Å². The van der Waals surface area contributed by atoms with E-state index in [4.69, 9.17) is 9.47 Å². The molecule has 0 aliphatic carbocycles. The van der Waals surface area contributed by atoms with E-state index in [0.29, 0.717) is 13.3 Å². The molecule has 0 saturated carbocycles. The zero-order valence-corrected chi connectivity index (χ0v) is 12.0. The van der Waals surface area contributed by atoms with Crippen LogP contribution >= 0.6 is 0 Å². The highest BCUT2D eigenvalue weighted by molar-refractivity contribution is 5.79. The van der Waals surface area contributed by atoms with Gasteiger partial charge >= 0.3 is 0 Å². The molecule has 0 bridgehead atoms. The van der Waals surface area contributed by atoms with E-state index in [9.17, 15) is 0 Å². The molecule has 2 N–H and O–H groups in total. The van der Waals surface area contributed by atoms with Crippen LogP contribution < -0.4 is 20.1 Å². The van der Waals surface area contributed by atoms with E-state index in [2.05, 4.69) is 21.7 Å². The van der Waals surface area contributed by atoms with Crippen molar-refractivity contribution in [1.82, 2.24) is 10.6 Å². The number of rotatable bonds is 5. The zero-order chi connectivity index (χ0) is 14.2. The average molecular weight is 275 g/mol. The smallest absolute Gasteiger partial charge is 0.231 e. The fourth-order valence-corrected chi connectivity index (χ4v) is 1.90. The van der Waals surface area contributed by atoms with Crippen LogP contribution in [-0.2, 0) is 6.54 Å². The second-order valence-electron chi connectivity index (χ2n) is 4.40. The summed E-state index contributed by atoms with van der Waals surface area (Å²) in [6, 6.07) is 5.94. The lowest BCUT2D eigenvalue weighted by atomic mass is 10.2. The number of hydrogen-bond acceptors (Lipinski definition) is 3. The molecule has 2 rings (SSSR count). The second kappa shape index (κ2) is 7.43. The number of nitrogens with one attached hydrogen (secondary N) is 2. The Balaban J connectivity index is 1.81. The van der Waals surface area contributed by atoms with Crippen molar-refractivity contribution in [2.45, 2.75) is 19.9 Å². The molecule has 0 spiro atoms. The minimum Gasteiger partial charge on any atom is -0.454 e. The number of ether oxygens (including phenoxy) is 2. The molecule has 0 fully saturated rings. The Kier molecular flexibility index (Phi) is 5.29. The average Bonchev–Trinajstić information content (AvgIpc) is 2.94. The molecule has 1 aromatic carbocycles. The van der Waals surface area contributed by atoms with Crippen molar-refractivity contribution >= 4 is 5.96 Å². The van der Waals surface area contributed by atoms with Gasteiger partial charge in [0.15, 0.2) is 17.5 Å².